The van der Waals surface area contributed by atoms with Gasteiger partial charge in [0.1, 0.15) is 0 Å². The molecule has 0 aromatic heterocycles. The average molecular weight is 262 g/mol. The molecule has 1 aliphatic rings. The van der Waals surface area contributed by atoms with E-state index in [-0.39, 0.29) is 11.5 Å². The monoisotopic (exact) mass is 262 g/mol. The Labute approximate surface area is 116 Å². The number of morpholine rings is 1. The van der Waals surface area contributed by atoms with Gasteiger partial charge in [0, 0.05) is 18.8 Å². The molecule has 1 aromatic carbocycles. The molecule has 3 heteroatoms. The van der Waals surface area contributed by atoms with Crippen LogP contribution < -0.4 is 10.6 Å². The third-order valence-electron chi connectivity index (χ3n) is 3.73. The quantitative estimate of drug-likeness (QED) is 0.909. The highest BCUT2D eigenvalue weighted by Gasteiger charge is 2.20. The highest BCUT2D eigenvalue weighted by molar-refractivity contribution is 5.49. The number of hydrogen-bond acceptors (Lipinski definition) is 3. The topological polar surface area (TPSA) is 38.5 Å². The highest BCUT2D eigenvalue weighted by atomic mass is 16.5. The second kappa shape index (κ2) is 5.93. The van der Waals surface area contributed by atoms with Gasteiger partial charge >= 0.3 is 0 Å². The lowest BCUT2D eigenvalue weighted by Crippen LogP contribution is -2.43. The summed E-state index contributed by atoms with van der Waals surface area (Å²) in [5, 5.41) is 0. The molecule has 0 amide bonds. The van der Waals surface area contributed by atoms with Gasteiger partial charge in [0.15, 0.2) is 0 Å². The molecule has 0 radical (unpaired) electrons. The molecule has 0 aliphatic carbocycles. The highest BCUT2D eigenvalue weighted by Crippen LogP contribution is 2.25. The molecule has 1 aromatic rings. The molecule has 1 aliphatic heterocycles. The van der Waals surface area contributed by atoms with Crippen LogP contribution in [-0.4, -0.2) is 32.3 Å². The van der Waals surface area contributed by atoms with Gasteiger partial charge in [-0.3, -0.25) is 0 Å². The van der Waals surface area contributed by atoms with Crippen molar-refractivity contribution >= 4 is 5.69 Å². The van der Waals surface area contributed by atoms with Crippen molar-refractivity contribution in [3.05, 3.63) is 29.8 Å². The predicted molar refractivity (Wildman–Crippen MR) is 80.8 cm³/mol. The molecule has 2 rings (SSSR count). The summed E-state index contributed by atoms with van der Waals surface area (Å²) in [7, 11) is 0. The number of ether oxygens (including phenoxy) is 1. The van der Waals surface area contributed by atoms with Crippen LogP contribution >= 0.6 is 0 Å². The minimum absolute atomic E-state index is 0.214. The van der Waals surface area contributed by atoms with Crippen molar-refractivity contribution < 1.29 is 4.74 Å². The van der Waals surface area contributed by atoms with Crippen molar-refractivity contribution in [3.63, 3.8) is 0 Å². The Morgan fingerprint density at radius 1 is 1.26 bits per heavy atom. The van der Waals surface area contributed by atoms with Crippen molar-refractivity contribution in [2.24, 2.45) is 5.73 Å². The molecule has 19 heavy (non-hydrogen) atoms. The maximum Gasteiger partial charge on any atom is 0.0762 e. The molecule has 3 nitrogen and oxygen atoms in total. The molecule has 0 saturated carbocycles. The number of nitrogens with zero attached hydrogens (tertiary/aromatic N) is 1. The minimum Gasteiger partial charge on any atom is -0.374 e. The van der Waals surface area contributed by atoms with E-state index in [1.807, 2.05) is 0 Å². The second-order valence-electron chi connectivity index (χ2n) is 6.31. The van der Waals surface area contributed by atoms with E-state index in [1.54, 1.807) is 0 Å². The van der Waals surface area contributed by atoms with Gasteiger partial charge in [-0.2, -0.15) is 0 Å². The number of benzene rings is 1. The Hall–Kier alpha value is -1.06. The fourth-order valence-electron chi connectivity index (χ4n) is 2.49. The van der Waals surface area contributed by atoms with Crippen molar-refractivity contribution in [2.45, 2.75) is 38.7 Å². The first-order chi connectivity index (χ1) is 9.00. The summed E-state index contributed by atoms with van der Waals surface area (Å²) >= 11 is 0. The van der Waals surface area contributed by atoms with Crippen LogP contribution in [0.3, 0.4) is 0 Å². The van der Waals surface area contributed by atoms with Crippen molar-refractivity contribution in [3.8, 4) is 0 Å². The summed E-state index contributed by atoms with van der Waals surface area (Å²) in [5.74, 6) is 0. The molecule has 1 fully saturated rings. The van der Waals surface area contributed by atoms with Crippen molar-refractivity contribution in [1.82, 2.24) is 0 Å². The van der Waals surface area contributed by atoms with Crippen LogP contribution in [0.5, 0.6) is 0 Å². The van der Waals surface area contributed by atoms with Crippen molar-refractivity contribution in [2.75, 3.05) is 31.1 Å². The maximum absolute atomic E-state index is 5.73. The van der Waals surface area contributed by atoms with Crippen LogP contribution in [0.25, 0.3) is 0 Å². The van der Waals surface area contributed by atoms with E-state index >= 15 is 0 Å². The Bertz CT molecular complexity index is 392. The molecular weight excluding hydrogens is 236 g/mol. The van der Waals surface area contributed by atoms with Crippen LogP contribution in [0.2, 0.25) is 0 Å². The zero-order chi connectivity index (χ0) is 13.9. The van der Waals surface area contributed by atoms with E-state index < -0.39 is 0 Å². The first-order valence-corrected chi connectivity index (χ1v) is 7.18. The zero-order valence-electron chi connectivity index (χ0n) is 12.4. The maximum atomic E-state index is 5.73. The Balaban J connectivity index is 2.05. The van der Waals surface area contributed by atoms with Gasteiger partial charge in [-0.1, -0.05) is 32.9 Å². The molecule has 1 heterocycles. The number of anilines is 1. The van der Waals surface area contributed by atoms with Gasteiger partial charge in [0.25, 0.3) is 0 Å². The Morgan fingerprint density at radius 3 is 2.53 bits per heavy atom. The lowest BCUT2D eigenvalue weighted by molar-refractivity contribution is 0.0369. The van der Waals surface area contributed by atoms with Gasteiger partial charge in [-0.15, -0.1) is 0 Å². The van der Waals surface area contributed by atoms with E-state index in [2.05, 4.69) is 49.9 Å². The lowest BCUT2D eigenvalue weighted by atomic mass is 9.87. The van der Waals surface area contributed by atoms with Crippen LogP contribution in [0.1, 0.15) is 32.8 Å². The third-order valence-corrected chi connectivity index (χ3v) is 3.73. The summed E-state index contributed by atoms with van der Waals surface area (Å²) in [4.78, 5) is 2.40. The van der Waals surface area contributed by atoms with Crippen LogP contribution in [0.4, 0.5) is 5.69 Å². The van der Waals surface area contributed by atoms with Gasteiger partial charge in [0.2, 0.25) is 0 Å². The normalized spacial score (nSPS) is 20.6. The molecule has 0 bridgehead atoms. The van der Waals surface area contributed by atoms with E-state index in [1.165, 1.54) is 11.3 Å². The summed E-state index contributed by atoms with van der Waals surface area (Å²) in [5.41, 5.74) is 8.49. The fourth-order valence-corrected chi connectivity index (χ4v) is 2.49. The van der Waals surface area contributed by atoms with Crippen LogP contribution in [0.15, 0.2) is 24.3 Å². The Kier molecular flexibility index (Phi) is 4.48. The zero-order valence-corrected chi connectivity index (χ0v) is 12.4. The molecule has 1 atom stereocenters. The molecule has 2 N–H and O–H groups in total. The van der Waals surface area contributed by atoms with E-state index in [4.69, 9.17) is 10.5 Å². The second-order valence-corrected chi connectivity index (χ2v) is 6.31. The molecule has 0 spiro atoms. The average Bonchev–Trinajstić information content (AvgIpc) is 2.39. The lowest BCUT2D eigenvalue weighted by Gasteiger charge is -2.34. The SMILES string of the molecule is CC(C)(C)c1ccc(N2CCOC(CCN)C2)cc1. The summed E-state index contributed by atoms with van der Waals surface area (Å²) in [6.45, 7) is 10.1. The molecule has 1 unspecified atom stereocenters. The Morgan fingerprint density at radius 2 is 1.95 bits per heavy atom. The first-order valence-electron chi connectivity index (χ1n) is 7.18. The molecular formula is C16H26N2O. The van der Waals surface area contributed by atoms with E-state index in [9.17, 15) is 0 Å². The summed E-state index contributed by atoms with van der Waals surface area (Å²) < 4.78 is 5.73. The smallest absolute Gasteiger partial charge is 0.0762 e. The van der Waals surface area contributed by atoms with Crippen molar-refractivity contribution in [1.29, 1.82) is 0 Å². The number of hydrogen-bond donors (Lipinski definition) is 1. The van der Waals surface area contributed by atoms with Gasteiger partial charge in [0.05, 0.1) is 12.7 Å². The third kappa shape index (κ3) is 3.71. The van der Waals surface area contributed by atoms with E-state index in [0.29, 0.717) is 6.54 Å². The van der Waals surface area contributed by atoms with Gasteiger partial charge in [-0.25, -0.2) is 0 Å². The number of rotatable bonds is 3. The first kappa shape index (κ1) is 14.4. The summed E-state index contributed by atoms with van der Waals surface area (Å²) in [6.07, 6.45) is 1.22. The van der Waals surface area contributed by atoms with Gasteiger partial charge in [-0.05, 0) is 36.1 Å². The van der Waals surface area contributed by atoms with Gasteiger partial charge < -0.3 is 15.4 Å². The van der Waals surface area contributed by atoms with Crippen LogP contribution in [-0.2, 0) is 10.2 Å². The standard InChI is InChI=1S/C16H26N2O/c1-16(2,3)13-4-6-14(7-5-13)18-10-11-19-15(12-18)8-9-17/h4-7,15H,8-12,17H2,1-3H3. The van der Waals surface area contributed by atoms with E-state index in [0.717, 1.165) is 26.1 Å². The fraction of sp³-hybridized carbons (Fsp3) is 0.625. The largest absolute Gasteiger partial charge is 0.374 e. The van der Waals surface area contributed by atoms with Crippen LogP contribution in [0, 0.1) is 0 Å². The molecule has 106 valence electrons. The minimum atomic E-state index is 0.214. The summed E-state index contributed by atoms with van der Waals surface area (Å²) in [6, 6.07) is 8.93. The molecule has 1 saturated heterocycles. The number of nitrogens with two attached hydrogens (primary N) is 1. The predicted octanol–water partition coefficient (Wildman–Crippen LogP) is 2.54.